The Morgan fingerprint density at radius 2 is 1.67 bits per heavy atom. The molecule has 7 N–H and O–H groups in total. The van der Waals surface area contributed by atoms with Crippen molar-refractivity contribution in [2.24, 2.45) is 28.9 Å². The quantitative estimate of drug-likeness (QED) is 0.166. The predicted molar refractivity (Wildman–Crippen MR) is 149 cm³/mol. The van der Waals surface area contributed by atoms with E-state index in [1.807, 2.05) is 24.3 Å². The minimum Gasteiger partial charge on any atom is -0.339 e. The van der Waals surface area contributed by atoms with Crippen molar-refractivity contribution >= 4 is 23.4 Å². The zero-order valence-corrected chi connectivity index (χ0v) is 22.4. The first-order valence-electron chi connectivity index (χ1n) is 13.4. The van der Waals surface area contributed by atoms with E-state index in [2.05, 4.69) is 41.6 Å². The number of fused-ring (bicyclic) bond motifs is 2. The van der Waals surface area contributed by atoms with Gasteiger partial charge in [-0.25, -0.2) is 5.48 Å². The molecule has 0 radical (unpaired) electrons. The molecule has 3 aliphatic carbocycles. The normalized spacial score (nSPS) is 21.4. The Kier molecular flexibility index (Phi) is 9.02. The highest BCUT2D eigenvalue weighted by molar-refractivity contribution is 5.97. The van der Waals surface area contributed by atoms with Gasteiger partial charge in [-0.1, -0.05) is 25.7 Å². The zero-order valence-electron chi connectivity index (χ0n) is 22.4. The van der Waals surface area contributed by atoms with Gasteiger partial charge in [-0.3, -0.25) is 19.6 Å². The highest BCUT2D eigenvalue weighted by Gasteiger charge is 2.53. The molecule has 39 heavy (non-hydrogen) atoms. The molecule has 0 spiro atoms. The van der Waals surface area contributed by atoms with Gasteiger partial charge in [0.05, 0.1) is 6.54 Å². The fraction of sp³-hybridized carbons (Fsp3) is 0.433. The second-order valence-corrected chi connectivity index (χ2v) is 11.0. The fourth-order valence-electron chi connectivity index (χ4n) is 5.82. The van der Waals surface area contributed by atoms with Crippen molar-refractivity contribution in [1.29, 1.82) is 0 Å². The van der Waals surface area contributed by atoms with Crippen LogP contribution in [0.4, 0.5) is 5.69 Å². The number of rotatable bonds is 9. The third-order valence-corrected chi connectivity index (χ3v) is 8.33. The second kappa shape index (κ2) is 12.4. The Labute approximate surface area is 229 Å². The number of hydroxylamine groups is 1. The highest BCUT2D eigenvalue weighted by Crippen LogP contribution is 2.61. The van der Waals surface area contributed by atoms with Gasteiger partial charge in [0.25, 0.3) is 11.8 Å². The first-order valence-corrected chi connectivity index (χ1v) is 13.4. The van der Waals surface area contributed by atoms with Gasteiger partial charge >= 0.3 is 0 Å². The predicted octanol–water partition coefficient (Wildman–Crippen LogP) is 2.25. The number of nitrogens with two attached hydrogens (primary N) is 1. The molecule has 206 valence electrons. The number of hydrogen-bond acceptors (Lipinski definition) is 6. The Hall–Kier alpha value is -3.71. The summed E-state index contributed by atoms with van der Waals surface area (Å²) in [7, 11) is 0. The number of hydrogen-bond donors (Lipinski definition) is 6. The molecule has 3 amide bonds. The van der Waals surface area contributed by atoms with Crippen LogP contribution in [0.25, 0.3) is 0 Å². The summed E-state index contributed by atoms with van der Waals surface area (Å²) in [4.78, 5) is 36.2. The molecule has 9 heteroatoms. The average molecular weight is 532 g/mol. The van der Waals surface area contributed by atoms with Crippen molar-refractivity contribution in [3.05, 3.63) is 65.2 Å². The minimum atomic E-state index is -1.04. The van der Waals surface area contributed by atoms with Crippen molar-refractivity contribution in [1.82, 2.24) is 16.1 Å². The molecular weight excluding hydrogens is 494 g/mol. The molecule has 0 aromatic heterocycles. The lowest BCUT2D eigenvalue weighted by Gasteiger charge is -2.60. The van der Waals surface area contributed by atoms with Crippen LogP contribution in [0.2, 0.25) is 0 Å². The summed E-state index contributed by atoms with van der Waals surface area (Å²) in [5.74, 6) is 7.09. The Balaban J connectivity index is 1.22. The van der Waals surface area contributed by atoms with Crippen LogP contribution in [0, 0.1) is 35.0 Å². The largest absolute Gasteiger partial charge is 0.339 e. The van der Waals surface area contributed by atoms with Crippen LogP contribution in [-0.4, -0.2) is 48.6 Å². The molecule has 0 aliphatic heterocycles. The SMILES string of the molecule is CC1(C)[C@H]2CC[C@@H](CNCC(=O)Nc3ccc(C#Cc4ccc(C(=O)N[C@@H](CN)C(=O)NO)cc4)cc3)[C@@H]1C2. The number of benzene rings is 2. The van der Waals surface area contributed by atoms with Crippen molar-refractivity contribution in [2.75, 3.05) is 25.0 Å². The molecule has 2 aromatic rings. The van der Waals surface area contributed by atoms with Crippen LogP contribution in [0.5, 0.6) is 0 Å². The average Bonchev–Trinajstić information content (AvgIpc) is 2.95. The lowest BCUT2D eigenvalue weighted by molar-refractivity contribution is -0.130. The second-order valence-electron chi connectivity index (χ2n) is 11.0. The fourth-order valence-corrected chi connectivity index (χ4v) is 5.82. The van der Waals surface area contributed by atoms with Crippen LogP contribution in [-0.2, 0) is 9.59 Å². The standard InChI is InChI=1S/C30H37N5O4/c1-30(2)23-12-11-22(25(30)15-23)17-32-18-27(36)33-24-13-7-20(8-14-24)4-3-19-5-9-21(10-6-19)28(37)34-26(16-31)29(38)35-39/h5-10,13-14,22-23,25-26,32,39H,11-12,15-18,31H2,1-2H3,(H,33,36)(H,34,37)(H,35,38)/t22-,23-,25-,26-/m0/s1. The van der Waals surface area contributed by atoms with Crippen LogP contribution in [0.1, 0.15) is 54.6 Å². The molecule has 4 atom stereocenters. The van der Waals surface area contributed by atoms with Gasteiger partial charge in [-0.15, -0.1) is 0 Å². The molecule has 2 bridgehead atoms. The lowest BCUT2D eigenvalue weighted by atomic mass is 9.45. The molecule has 0 heterocycles. The molecule has 5 rings (SSSR count). The number of carbonyl (C=O) groups excluding carboxylic acids is 3. The van der Waals surface area contributed by atoms with Crippen LogP contribution >= 0.6 is 0 Å². The summed E-state index contributed by atoms with van der Waals surface area (Å²) in [5, 5.41) is 17.5. The number of anilines is 1. The first kappa shape index (κ1) is 28.3. The van der Waals surface area contributed by atoms with Crippen molar-refractivity contribution in [2.45, 2.75) is 39.2 Å². The van der Waals surface area contributed by atoms with Gasteiger partial charge in [0.1, 0.15) is 6.04 Å². The van der Waals surface area contributed by atoms with Gasteiger partial charge in [0.2, 0.25) is 5.91 Å². The molecular formula is C30H37N5O4. The Morgan fingerprint density at radius 1 is 1.03 bits per heavy atom. The van der Waals surface area contributed by atoms with E-state index < -0.39 is 17.9 Å². The van der Waals surface area contributed by atoms with E-state index in [0.29, 0.717) is 34.7 Å². The Bertz CT molecular complexity index is 1240. The topological polar surface area (TPSA) is 146 Å². The molecule has 9 nitrogen and oxygen atoms in total. The summed E-state index contributed by atoms with van der Waals surface area (Å²) in [6, 6.07) is 12.9. The lowest BCUT2D eigenvalue weighted by Crippen LogP contribution is -2.54. The Morgan fingerprint density at radius 3 is 2.23 bits per heavy atom. The van der Waals surface area contributed by atoms with Crippen molar-refractivity contribution in [3.63, 3.8) is 0 Å². The summed E-state index contributed by atoms with van der Waals surface area (Å²) >= 11 is 0. The van der Waals surface area contributed by atoms with E-state index in [0.717, 1.165) is 23.9 Å². The van der Waals surface area contributed by atoms with E-state index in [4.69, 9.17) is 10.9 Å². The molecule has 2 aromatic carbocycles. The third-order valence-electron chi connectivity index (χ3n) is 8.33. The highest BCUT2D eigenvalue weighted by atomic mass is 16.5. The summed E-state index contributed by atoms with van der Waals surface area (Å²) in [6.07, 6.45) is 3.91. The summed E-state index contributed by atoms with van der Waals surface area (Å²) in [5.41, 5.74) is 9.92. The van der Waals surface area contributed by atoms with E-state index in [9.17, 15) is 14.4 Å². The van der Waals surface area contributed by atoms with E-state index in [-0.39, 0.29) is 12.5 Å². The molecule has 3 aliphatic rings. The van der Waals surface area contributed by atoms with Crippen molar-refractivity contribution < 1.29 is 19.6 Å². The maximum absolute atomic E-state index is 12.4. The number of nitrogens with one attached hydrogen (secondary N) is 4. The minimum absolute atomic E-state index is 0.0608. The van der Waals surface area contributed by atoms with Gasteiger partial charge in [-0.2, -0.15) is 0 Å². The molecule has 3 saturated carbocycles. The van der Waals surface area contributed by atoms with Gasteiger partial charge in [-0.05, 0) is 97.5 Å². The van der Waals surface area contributed by atoms with Gasteiger partial charge in [0.15, 0.2) is 0 Å². The monoisotopic (exact) mass is 531 g/mol. The van der Waals surface area contributed by atoms with E-state index in [1.54, 1.807) is 24.3 Å². The maximum atomic E-state index is 12.4. The van der Waals surface area contributed by atoms with E-state index >= 15 is 0 Å². The zero-order chi connectivity index (χ0) is 28.0. The van der Waals surface area contributed by atoms with Crippen LogP contribution in [0.15, 0.2) is 48.5 Å². The third kappa shape index (κ3) is 6.84. The molecule has 0 saturated heterocycles. The molecule has 0 unspecified atom stereocenters. The van der Waals surface area contributed by atoms with Crippen LogP contribution < -0.4 is 27.2 Å². The first-order chi connectivity index (χ1) is 18.7. The van der Waals surface area contributed by atoms with Gasteiger partial charge in [0, 0.05) is 28.9 Å². The molecule has 3 fully saturated rings. The maximum Gasteiger partial charge on any atom is 0.267 e. The number of amides is 3. The number of carbonyl (C=O) groups is 3. The van der Waals surface area contributed by atoms with E-state index in [1.165, 1.54) is 24.7 Å². The summed E-state index contributed by atoms with van der Waals surface area (Å²) < 4.78 is 0. The summed E-state index contributed by atoms with van der Waals surface area (Å²) in [6.45, 7) is 5.81. The van der Waals surface area contributed by atoms with Gasteiger partial charge < -0.3 is 21.7 Å². The van der Waals surface area contributed by atoms with Crippen molar-refractivity contribution in [3.8, 4) is 11.8 Å². The smallest absolute Gasteiger partial charge is 0.267 e. The van der Waals surface area contributed by atoms with Crippen LogP contribution in [0.3, 0.4) is 0 Å².